The second-order valence-corrected chi connectivity index (χ2v) is 7.39. The fourth-order valence-electron chi connectivity index (χ4n) is 2.89. The molecule has 5 nitrogen and oxygen atoms in total. The lowest BCUT2D eigenvalue weighted by Crippen LogP contribution is -2.05. The summed E-state index contributed by atoms with van der Waals surface area (Å²) in [4.78, 5) is 11.1. The fourth-order valence-corrected chi connectivity index (χ4v) is 3.44. The molecule has 0 saturated carbocycles. The third-order valence-electron chi connectivity index (χ3n) is 4.40. The van der Waals surface area contributed by atoms with Gasteiger partial charge < -0.3 is 19.9 Å². The zero-order valence-electron chi connectivity index (χ0n) is 16.6. The Labute approximate surface area is 189 Å². The van der Waals surface area contributed by atoms with E-state index in [9.17, 15) is 9.18 Å². The molecule has 0 aliphatic carbocycles. The van der Waals surface area contributed by atoms with Crippen LogP contribution in [0.1, 0.15) is 28.4 Å². The van der Waals surface area contributed by atoms with Crippen LogP contribution in [0.2, 0.25) is 10.0 Å². The van der Waals surface area contributed by atoms with Gasteiger partial charge in [-0.05, 0) is 48.9 Å². The number of nitrogens with one attached hydrogen (secondary N) is 1. The van der Waals surface area contributed by atoms with Crippen LogP contribution in [-0.2, 0) is 13.2 Å². The summed E-state index contributed by atoms with van der Waals surface area (Å²) < 4.78 is 25.3. The summed E-state index contributed by atoms with van der Waals surface area (Å²) in [6.07, 6.45) is 0. The molecule has 0 bridgehead atoms. The van der Waals surface area contributed by atoms with Gasteiger partial charge in [0.05, 0.1) is 22.2 Å². The van der Waals surface area contributed by atoms with Crippen molar-refractivity contribution in [3.63, 3.8) is 0 Å². The van der Waals surface area contributed by atoms with Crippen molar-refractivity contribution in [2.45, 2.75) is 20.1 Å². The van der Waals surface area contributed by atoms with E-state index in [4.69, 9.17) is 37.8 Å². The Bertz CT molecular complexity index is 1090. The maximum atomic E-state index is 13.9. The van der Waals surface area contributed by atoms with Gasteiger partial charge in [-0.2, -0.15) is 0 Å². The minimum atomic E-state index is -1.09. The monoisotopic (exact) mass is 463 g/mol. The third kappa shape index (κ3) is 5.81. The van der Waals surface area contributed by atoms with Crippen LogP contribution in [0, 0.1) is 5.82 Å². The number of carboxylic acids is 1. The number of hydrogen-bond acceptors (Lipinski definition) is 4. The Morgan fingerprint density at radius 2 is 1.84 bits per heavy atom. The van der Waals surface area contributed by atoms with Gasteiger partial charge in [-0.1, -0.05) is 41.4 Å². The summed E-state index contributed by atoms with van der Waals surface area (Å²) in [6, 6.07) is 14.5. The van der Waals surface area contributed by atoms with Crippen molar-refractivity contribution >= 4 is 34.9 Å². The first kappa shape index (κ1) is 22.7. The van der Waals surface area contributed by atoms with E-state index in [1.807, 2.05) is 6.92 Å². The van der Waals surface area contributed by atoms with Crippen molar-refractivity contribution in [2.75, 3.05) is 11.9 Å². The van der Waals surface area contributed by atoms with Gasteiger partial charge in [0, 0.05) is 17.8 Å². The SMILES string of the molecule is CCOc1cc(CNc2ccc(C(=O)O)c(Cl)c2)cc(Cl)c1OCc1ccccc1F. The van der Waals surface area contributed by atoms with Crippen LogP contribution < -0.4 is 14.8 Å². The first-order chi connectivity index (χ1) is 14.9. The van der Waals surface area contributed by atoms with Crippen LogP contribution in [0.3, 0.4) is 0 Å². The number of ether oxygens (including phenoxy) is 2. The summed E-state index contributed by atoms with van der Waals surface area (Å²) in [5.41, 5.74) is 1.91. The summed E-state index contributed by atoms with van der Waals surface area (Å²) in [5, 5.41) is 12.7. The standard InChI is InChI=1S/C23H20Cl2FNO4/c1-2-30-21-10-14(12-27-16-7-8-17(23(28)29)18(24)11-16)9-19(25)22(21)31-13-15-5-3-4-6-20(15)26/h3-11,27H,2,12-13H2,1H3,(H,28,29). The molecule has 0 heterocycles. The lowest BCUT2D eigenvalue weighted by molar-refractivity contribution is 0.0697. The van der Waals surface area contributed by atoms with Crippen molar-refractivity contribution < 1.29 is 23.8 Å². The second kappa shape index (κ2) is 10.4. The summed E-state index contributed by atoms with van der Waals surface area (Å²) in [7, 11) is 0. The number of benzene rings is 3. The highest BCUT2D eigenvalue weighted by molar-refractivity contribution is 6.33. The van der Waals surface area contributed by atoms with E-state index >= 15 is 0 Å². The van der Waals surface area contributed by atoms with E-state index in [-0.39, 0.29) is 23.0 Å². The molecule has 0 aliphatic rings. The highest BCUT2D eigenvalue weighted by Crippen LogP contribution is 2.37. The van der Waals surface area contributed by atoms with Crippen molar-refractivity contribution in [3.05, 3.63) is 87.2 Å². The zero-order chi connectivity index (χ0) is 22.4. The first-order valence-electron chi connectivity index (χ1n) is 9.47. The summed E-state index contributed by atoms with van der Waals surface area (Å²) >= 11 is 12.4. The number of hydrogen-bond donors (Lipinski definition) is 2. The number of carbonyl (C=O) groups is 1. The number of rotatable bonds is 9. The predicted octanol–water partition coefficient (Wildman–Crippen LogP) is 6.42. The Kier molecular flexibility index (Phi) is 7.60. The van der Waals surface area contributed by atoms with E-state index in [0.29, 0.717) is 40.9 Å². The molecule has 8 heteroatoms. The lowest BCUT2D eigenvalue weighted by Gasteiger charge is -2.16. The smallest absolute Gasteiger partial charge is 0.337 e. The molecule has 3 rings (SSSR count). The predicted molar refractivity (Wildman–Crippen MR) is 119 cm³/mol. The maximum Gasteiger partial charge on any atom is 0.337 e. The van der Waals surface area contributed by atoms with Gasteiger partial charge in [0.2, 0.25) is 0 Å². The highest BCUT2D eigenvalue weighted by Gasteiger charge is 2.14. The topological polar surface area (TPSA) is 67.8 Å². The number of aromatic carboxylic acids is 1. The van der Waals surface area contributed by atoms with E-state index in [0.717, 1.165) is 5.56 Å². The minimum Gasteiger partial charge on any atom is -0.490 e. The van der Waals surface area contributed by atoms with Crippen molar-refractivity contribution in [1.29, 1.82) is 0 Å². The van der Waals surface area contributed by atoms with E-state index in [2.05, 4.69) is 5.32 Å². The van der Waals surface area contributed by atoms with Crippen molar-refractivity contribution in [3.8, 4) is 11.5 Å². The third-order valence-corrected chi connectivity index (χ3v) is 4.99. The minimum absolute atomic E-state index is 0.0124. The second-order valence-electron chi connectivity index (χ2n) is 6.57. The van der Waals surface area contributed by atoms with Crippen LogP contribution in [0.4, 0.5) is 10.1 Å². The van der Waals surface area contributed by atoms with Gasteiger partial charge in [0.15, 0.2) is 11.5 Å². The molecule has 3 aromatic rings. The van der Waals surface area contributed by atoms with Gasteiger partial charge in [0.25, 0.3) is 0 Å². The van der Waals surface area contributed by atoms with Crippen LogP contribution in [-0.4, -0.2) is 17.7 Å². The molecule has 3 aromatic carbocycles. The molecule has 0 radical (unpaired) electrons. The molecule has 0 atom stereocenters. The molecular formula is C23H20Cl2FNO4. The van der Waals surface area contributed by atoms with Crippen molar-refractivity contribution in [1.82, 2.24) is 0 Å². The molecule has 0 aliphatic heterocycles. The molecule has 162 valence electrons. The molecule has 0 spiro atoms. The Morgan fingerprint density at radius 1 is 1.06 bits per heavy atom. The zero-order valence-corrected chi connectivity index (χ0v) is 18.1. The molecule has 0 saturated heterocycles. The molecule has 0 unspecified atom stereocenters. The molecule has 2 N–H and O–H groups in total. The Morgan fingerprint density at radius 3 is 2.52 bits per heavy atom. The van der Waals surface area contributed by atoms with Crippen LogP contribution >= 0.6 is 23.2 Å². The number of carboxylic acid groups (broad SMARTS) is 1. The number of halogens is 3. The van der Waals surface area contributed by atoms with Gasteiger partial charge in [-0.25, -0.2) is 9.18 Å². The molecule has 0 amide bonds. The first-order valence-corrected chi connectivity index (χ1v) is 10.2. The summed E-state index contributed by atoms with van der Waals surface area (Å²) in [5.74, 6) is -0.660. The largest absolute Gasteiger partial charge is 0.490 e. The Hall–Kier alpha value is -2.96. The van der Waals surface area contributed by atoms with E-state index in [1.165, 1.54) is 12.1 Å². The van der Waals surface area contributed by atoms with Crippen LogP contribution in [0.15, 0.2) is 54.6 Å². The van der Waals surface area contributed by atoms with E-state index < -0.39 is 5.97 Å². The quantitative estimate of drug-likeness (QED) is 0.383. The molecular weight excluding hydrogens is 444 g/mol. The van der Waals surface area contributed by atoms with Crippen molar-refractivity contribution in [2.24, 2.45) is 0 Å². The van der Waals surface area contributed by atoms with Gasteiger partial charge >= 0.3 is 5.97 Å². The molecule has 31 heavy (non-hydrogen) atoms. The average molecular weight is 464 g/mol. The van der Waals surface area contributed by atoms with E-state index in [1.54, 1.807) is 42.5 Å². The van der Waals surface area contributed by atoms with Gasteiger partial charge in [-0.15, -0.1) is 0 Å². The van der Waals surface area contributed by atoms with Crippen LogP contribution in [0.5, 0.6) is 11.5 Å². The molecule has 0 fully saturated rings. The summed E-state index contributed by atoms with van der Waals surface area (Å²) in [6.45, 7) is 2.63. The van der Waals surface area contributed by atoms with Gasteiger partial charge in [0.1, 0.15) is 12.4 Å². The lowest BCUT2D eigenvalue weighted by atomic mass is 10.1. The average Bonchev–Trinajstić information content (AvgIpc) is 2.73. The molecule has 0 aromatic heterocycles. The normalized spacial score (nSPS) is 10.6. The Balaban J connectivity index is 1.75. The maximum absolute atomic E-state index is 13.9. The fraction of sp³-hybridized carbons (Fsp3) is 0.174. The van der Waals surface area contributed by atoms with Gasteiger partial charge in [-0.3, -0.25) is 0 Å². The van der Waals surface area contributed by atoms with Crippen LogP contribution in [0.25, 0.3) is 0 Å². The number of anilines is 1. The highest BCUT2D eigenvalue weighted by atomic mass is 35.5.